The lowest BCUT2D eigenvalue weighted by atomic mass is 10.4. The molecule has 0 aromatic carbocycles. The van der Waals surface area contributed by atoms with E-state index < -0.39 is 73.9 Å². The van der Waals surface area contributed by atoms with Crippen LogP contribution >= 0.6 is 184 Å². The molecule has 0 N–H and O–H groups in total. The van der Waals surface area contributed by atoms with Crippen LogP contribution in [-0.2, 0) is 38.1 Å². The maximum atomic E-state index is 12.7. The van der Waals surface area contributed by atoms with Crippen molar-refractivity contribution in [3.63, 3.8) is 0 Å². The van der Waals surface area contributed by atoms with Crippen molar-refractivity contribution >= 4 is 208 Å². The Labute approximate surface area is 292 Å². The molecule has 0 radical (unpaired) electrons. The normalized spacial score (nSPS) is 13.5. The van der Waals surface area contributed by atoms with Crippen molar-refractivity contribution in [3.05, 3.63) is 0 Å². The van der Waals surface area contributed by atoms with Gasteiger partial charge >= 0.3 is 23.9 Å². The third-order valence-corrected chi connectivity index (χ3v) is 8.69. The van der Waals surface area contributed by atoms with Crippen LogP contribution in [0.25, 0.3) is 0 Å². The summed E-state index contributed by atoms with van der Waals surface area (Å²) >= 11 is 78.6. The molecule has 0 rings (SSSR count). The maximum absolute atomic E-state index is 12.7. The van der Waals surface area contributed by atoms with Gasteiger partial charge in [0.2, 0.25) is 15.2 Å². The molecule has 0 saturated carbocycles. The fraction of sp³-hybridized carbons (Fsp3) is 0.714. The first-order chi connectivity index (χ1) is 16.7. The topological polar surface area (TPSA) is 105 Å². The fourth-order valence-corrected chi connectivity index (χ4v) is 5.06. The molecular formula is C14H8Cl14O8S2. The third-order valence-electron chi connectivity index (χ3n) is 2.79. The van der Waals surface area contributed by atoms with Gasteiger partial charge in [0.15, 0.2) is 0 Å². The summed E-state index contributed by atoms with van der Waals surface area (Å²) in [4.78, 5) is 50.8. The van der Waals surface area contributed by atoms with Gasteiger partial charge in [-0.05, 0) is 21.6 Å². The number of carbonyl (C=O) groups excluding carboxylic acids is 4. The number of carbonyl (C=O) groups is 4. The highest BCUT2D eigenvalue weighted by atomic mass is 35.6. The Bertz CT molecular complexity index is 737. The maximum Gasteiger partial charge on any atom is 0.350 e. The predicted octanol–water partition coefficient (Wildman–Crippen LogP) is 7.89. The van der Waals surface area contributed by atoms with E-state index in [1.165, 1.54) is 0 Å². The smallest absolute Gasteiger partial charge is 0.350 e. The average molecular weight is 865 g/mol. The van der Waals surface area contributed by atoms with Crippen molar-refractivity contribution in [2.75, 3.05) is 26.4 Å². The first-order valence-corrected chi connectivity index (χ1v) is 15.9. The van der Waals surface area contributed by atoms with Gasteiger partial charge in [-0.3, -0.25) is 0 Å². The number of halogens is 14. The second-order valence-electron chi connectivity index (χ2n) is 6.12. The van der Waals surface area contributed by atoms with Crippen molar-refractivity contribution in [3.8, 4) is 0 Å². The zero-order valence-electron chi connectivity index (χ0n) is 17.2. The summed E-state index contributed by atoms with van der Waals surface area (Å²) in [6, 6.07) is 0. The monoisotopic (exact) mass is 858 g/mol. The van der Waals surface area contributed by atoms with E-state index in [0.717, 1.165) is 0 Å². The Morgan fingerprint density at radius 3 is 0.684 bits per heavy atom. The number of ether oxygens (including phenoxy) is 4. The Morgan fingerprint density at radius 1 is 0.395 bits per heavy atom. The number of esters is 4. The zero-order chi connectivity index (χ0) is 30.4. The van der Waals surface area contributed by atoms with Crippen LogP contribution in [0.3, 0.4) is 0 Å². The summed E-state index contributed by atoms with van der Waals surface area (Å²) < 4.78 is 4.30. The lowest BCUT2D eigenvalue weighted by Gasteiger charge is -2.28. The van der Waals surface area contributed by atoms with Crippen molar-refractivity contribution in [2.45, 2.75) is 23.6 Å². The molecule has 0 amide bonds. The Balaban J connectivity index is 6.20. The highest BCUT2D eigenvalue weighted by molar-refractivity contribution is 8.79. The molecule has 0 aliphatic heterocycles. The highest BCUT2D eigenvalue weighted by Crippen LogP contribution is 2.51. The van der Waals surface area contributed by atoms with E-state index in [9.17, 15) is 19.2 Å². The minimum absolute atomic E-state index is 0.0855. The SMILES string of the molecule is O=C(OCC(Cl)(Cl)Cl)C(Cl)(SSC(Cl)(C(=O)OCC(Cl)(Cl)Cl)C(=O)OCC(Cl)(Cl)Cl)C(=O)OCC(Cl)(Cl)Cl. The van der Waals surface area contributed by atoms with E-state index >= 15 is 0 Å². The van der Waals surface area contributed by atoms with Crippen LogP contribution in [0.1, 0.15) is 0 Å². The molecule has 0 aromatic rings. The van der Waals surface area contributed by atoms with Gasteiger partial charge in [0.1, 0.15) is 26.4 Å². The van der Waals surface area contributed by atoms with Crippen LogP contribution < -0.4 is 0 Å². The molecule has 0 fully saturated rings. The fourth-order valence-electron chi connectivity index (χ4n) is 1.38. The minimum atomic E-state index is -2.98. The van der Waals surface area contributed by atoms with Crippen LogP contribution in [0.2, 0.25) is 0 Å². The number of alkyl halides is 14. The minimum Gasteiger partial charge on any atom is -0.459 e. The zero-order valence-corrected chi connectivity index (χ0v) is 29.4. The van der Waals surface area contributed by atoms with Gasteiger partial charge in [0.05, 0.1) is 0 Å². The van der Waals surface area contributed by atoms with E-state index in [1.54, 1.807) is 0 Å². The standard InChI is InChI=1S/C14H8Cl14O8S2/c15-9(16,17)1-33-5(29)13(27,6(30)34-2-10(18,19)20)37-38-14(28,7(31)35-3-11(21,22)23)8(32)36-4-12(24,25)26/h1-4H2. The van der Waals surface area contributed by atoms with E-state index in [1.807, 2.05) is 0 Å². The summed E-state index contributed by atoms with van der Waals surface area (Å²) in [7, 11) is -0.171. The van der Waals surface area contributed by atoms with Crippen LogP contribution in [0.5, 0.6) is 0 Å². The number of hydrogen-bond acceptors (Lipinski definition) is 10. The van der Waals surface area contributed by atoms with Gasteiger partial charge in [-0.25, -0.2) is 19.2 Å². The molecule has 0 heterocycles. The van der Waals surface area contributed by atoms with E-state index in [-0.39, 0.29) is 21.6 Å². The molecule has 0 bridgehead atoms. The molecule has 0 saturated heterocycles. The van der Waals surface area contributed by atoms with E-state index in [0.29, 0.717) is 0 Å². The summed E-state index contributed by atoms with van der Waals surface area (Å²) in [5.41, 5.74) is 0. The van der Waals surface area contributed by atoms with Crippen molar-refractivity contribution in [2.24, 2.45) is 0 Å². The molecule has 0 aliphatic rings. The first kappa shape index (κ1) is 40.6. The summed E-state index contributed by atoms with van der Waals surface area (Å²) in [6.07, 6.45) is 0. The molecule has 0 aromatic heterocycles. The van der Waals surface area contributed by atoms with Crippen LogP contribution in [-0.4, -0.2) is 73.9 Å². The highest BCUT2D eigenvalue weighted by Gasteiger charge is 2.57. The molecule has 0 spiro atoms. The van der Waals surface area contributed by atoms with Crippen molar-refractivity contribution in [1.29, 1.82) is 0 Å². The average Bonchev–Trinajstić information content (AvgIpc) is 2.73. The van der Waals surface area contributed by atoms with Gasteiger partial charge < -0.3 is 18.9 Å². The number of rotatable bonds is 11. The van der Waals surface area contributed by atoms with Gasteiger partial charge in [-0.2, -0.15) is 0 Å². The van der Waals surface area contributed by atoms with Crippen LogP contribution in [0, 0.1) is 0 Å². The molecule has 8 nitrogen and oxygen atoms in total. The van der Waals surface area contributed by atoms with Crippen molar-refractivity contribution < 1.29 is 38.1 Å². The third kappa shape index (κ3) is 16.5. The van der Waals surface area contributed by atoms with Gasteiger partial charge in [0.25, 0.3) is 8.41 Å². The summed E-state index contributed by atoms with van der Waals surface area (Å²) in [6.45, 7) is -3.68. The van der Waals surface area contributed by atoms with E-state index in [2.05, 4.69) is 0 Å². The van der Waals surface area contributed by atoms with Crippen molar-refractivity contribution in [1.82, 2.24) is 0 Å². The second kappa shape index (κ2) is 16.1. The molecule has 0 atom stereocenters. The number of hydrogen-bond donors (Lipinski definition) is 0. The molecule has 222 valence electrons. The van der Waals surface area contributed by atoms with Crippen LogP contribution in [0.15, 0.2) is 0 Å². The Hall–Kier alpha value is 2.64. The first-order valence-electron chi connectivity index (χ1n) is 8.42. The molecular weight excluding hydrogens is 857 g/mol. The van der Waals surface area contributed by atoms with Crippen LogP contribution in [0.4, 0.5) is 0 Å². The molecule has 0 aliphatic carbocycles. The predicted molar refractivity (Wildman–Crippen MR) is 157 cm³/mol. The largest absolute Gasteiger partial charge is 0.459 e. The van der Waals surface area contributed by atoms with Gasteiger partial charge in [-0.15, -0.1) is 0 Å². The Kier molecular flexibility index (Phi) is 17.2. The summed E-state index contributed by atoms with van der Waals surface area (Å²) in [5, 5.41) is 0. The molecule has 38 heavy (non-hydrogen) atoms. The molecule has 24 heteroatoms. The summed E-state index contributed by atoms with van der Waals surface area (Å²) in [5.74, 6) is -6.50. The lowest BCUT2D eigenvalue weighted by Crippen LogP contribution is -2.45. The quantitative estimate of drug-likeness (QED) is 0.0670. The lowest BCUT2D eigenvalue weighted by molar-refractivity contribution is -0.157. The Morgan fingerprint density at radius 2 is 0.553 bits per heavy atom. The van der Waals surface area contributed by atoms with Gasteiger partial charge in [-0.1, -0.05) is 162 Å². The van der Waals surface area contributed by atoms with Gasteiger partial charge in [0, 0.05) is 0 Å². The molecule has 0 unspecified atom stereocenters. The second-order valence-corrected chi connectivity index (χ2v) is 20.3. The van der Waals surface area contributed by atoms with E-state index in [4.69, 9.17) is 181 Å².